The summed E-state index contributed by atoms with van der Waals surface area (Å²) in [5.74, 6) is 0. The van der Waals surface area contributed by atoms with Gasteiger partial charge in [0.1, 0.15) is 27.1 Å². The molecular formula is C7H9N2O2S3+. The first-order valence-electron chi connectivity index (χ1n) is 3.74. The minimum absolute atomic E-state index is 0.0999. The molecule has 0 aliphatic carbocycles. The summed E-state index contributed by atoms with van der Waals surface area (Å²) in [5.41, 5.74) is 0. The Morgan fingerprint density at radius 3 is 2.86 bits per heavy atom. The molecule has 76 valence electrons. The Morgan fingerprint density at radius 1 is 1.50 bits per heavy atom. The van der Waals surface area contributed by atoms with Gasteiger partial charge in [-0.1, -0.05) is 10.2 Å². The fourth-order valence-electron chi connectivity index (χ4n) is 1.21. The normalized spacial score (nSPS) is 20.9. The summed E-state index contributed by atoms with van der Waals surface area (Å²) in [6.45, 7) is 0. The molecule has 0 amide bonds. The first kappa shape index (κ1) is 10.3. The van der Waals surface area contributed by atoms with E-state index < -0.39 is 10.0 Å². The molecule has 1 aromatic rings. The van der Waals surface area contributed by atoms with Crippen molar-refractivity contribution in [3.8, 4) is 0 Å². The molecule has 0 saturated heterocycles. The monoisotopic (exact) mass is 249 g/mol. The smallest absolute Gasteiger partial charge is 0.225 e. The van der Waals surface area contributed by atoms with Crippen LogP contribution in [0.5, 0.6) is 0 Å². The van der Waals surface area contributed by atoms with Crippen molar-refractivity contribution >= 4 is 33.1 Å². The molecule has 0 spiro atoms. The highest BCUT2D eigenvalue weighted by molar-refractivity contribution is 8.13. The van der Waals surface area contributed by atoms with E-state index in [1.165, 1.54) is 18.0 Å². The second-order valence-corrected chi connectivity index (χ2v) is 7.09. The molecule has 0 fully saturated rings. The third kappa shape index (κ3) is 1.66. The first-order valence-corrected chi connectivity index (χ1v) is 7.74. The summed E-state index contributed by atoms with van der Waals surface area (Å²) >= 11 is 1.23. The molecule has 1 aliphatic heterocycles. The summed E-state index contributed by atoms with van der Waals surface area (Å²) in [7, 11) is -3.61. The van der Waals surface area contributed by atoms with Crippen molar-refractivity contribution in [1.29, 1.82) is 0 Å². The maximum absolute atomic E-state index is 11.2. The quantitative estimate of drug-likeness (QED) is 0.560. The third-order valence-electron chi connectivity index (χ3n) is 1.85. The van der Waals surface area contributed by atoms with E-state index in [0.717, 1.165) is 9.79 Å². The highest BCUT2D eigenvalue weighted by Gasteiger charge is 2.33. The summed E-state index contributed by atoms with van der Waals surface area (Å²) in [6.07, 6.45) is 2.01. The maximum atomic E-state index is 11.2. The maximum Gasteiger partial charge on any atom is 0.239 e. The molecule has 3 N–H and O–H groups in total. The van der Waals surface area contributed by atoms with Gasteiger partial charge in [-0.05, 0) is 12.1 Å². The van der Waals surface area contributed by atoms with Gasteiger partial charge in [-0.3, -0.25) is 0 Å². The van der Waals surface area contributed by atoms with Crippen LogP contribution in [0.4, 0.5) is 0 Å². The van der Waals surface area contributed by atoms with Crippen molar-refractivity contribution in [2.24, 2.45) is 5.14 Å². The van der Waals surface area contributed by atoms with Crippen molar-refractivity contribution in [1.82, 2.24) is 4.13 Å². The minimum atomic E-state index is -3.61. The van der Waals surface area contributed by atoms with Crippen molar-refractivity contribution in [2.45, 2.75) is 14.7 Å². The molecule has 0 aromatic heterocycles. The number of nitrogens with two attached hydrogens (primary N) is 1. The van der Waals surface area contributed by atoms with Gasteiger partial charge in [-0.2, -0.15) is 0 Å². The number of hydrogen-bond acceptors (Lipinski definition) is 4. The Kier molecular flexibility index (Phi) is 2.52. The van der Waals surface area contributed by atoms with Crippen LogP contribution in [0.3, 0.4) is 0 Å². The fourth-order valence-corrected chi connectivity index (χ4v) is 5.09. The molecule has 1 heterocycles. The van der Waals surface area contributed by atoms with E-state index in [1.54, 1.807) is 6.07 Å². The van der Waals surface area contributed by atoms with Gasteiger partial charge in [-0.25, -0.2) is 13.6 Å². The minimum Gasteiger partial charge on any atom is -0.225 e. The Balaban J connectivity index is 2.67. The molecule has 1 aliphatic rings. The lowest BCUT2D eigenvalue weighted by atomic mass is 10.4. The number of rotatable bonds is 1. The van der Waals surface area contributed by atoms with Crippen LogP contribution in [0.2, 0.25) is 0 Å². The van der Waals surface area contributed by atoms with Crippen molar-refractivity contribution in [3.05, 3.63) is 18.2 Å². The van der Waals surface area contributed by atoms with Gasteiger partial charge in [0.05, 0.1) is 0 Å². The second kappa shape index (κ2) is 3.42. The van der Waals surface area contributed by atoms with Crippen molar-refractivity contribution in [2.75, 3.05) is 6.26 Å². The third-order valence-corrected chi connectivity index (χ3v) is 6.04. The number of hydrogen-bond donors (Lipinski definition) is 2. The van der Waals surface area contributed by atoms with E-state index in [2.05, 4.69) is 4.13 Å². The molecule has 4 nitrogen and oxygen atoms in total. The zero-order valence-corrected chi connectivity index (χ0v) is 9.80. The molecule has 2 rings (SSSR count). The fraction of sp³-hybridized carbons (Fsp3) is 0.143. The Morgan fingerprint density at radius 2 is 2.21 bits per heavy atom. The molecule has 7 heteroatoms. The molecule has 0 bridgehead atoms. The second-order valence-electron chi connectivity index (χ2n) is 2.82. The lowest BCUT2D eigenvalue weighted by molar-refractivity contribution is 0.595. The molecular weight excluding hydrogens is 240 g/mol. The highest BCUT2D eigenvalue weighted by atomic mass is 32.3. The Labute approximate surface area is 89.9 Å². The summed E-state index contributed by atoms with van der Waals surface area (Å²) in [5, 5.41) is 5.11. The first-order chi connectivity index (χ1) is 6.50. The van der Waals surface area contributed by atoms with E-state index >= 15 is 0 Å². The van der Waals surface area contributed by atoms with Crippen LogP contribution in [-0.4, -0.2) is 14.7 Å². The van der Waals surface area contributed by atoms with Crippen LogP contribution in [0.15, 0.2) is 32.9 Å². The van der Waals surface area contributed by atoms with E-state index in [1.807, 2.05) is 12.3 Å². The van der Waals surface area contributed by atoms with Gasteiger partial charge in [0, 0.05) is 11.9 Å². The molecule has 0 radical (unpaired) electrons. The zero-order chi connectivity index (χ0) is 10.3. The van der Waals surface area contributed by atoms with Crippen LogP contribution < -0.4 is 9.27 Å². The number of fused-ring (bicyclic) bond motifs is 1. The molecule has 14 heavy (non-hydrogen) atoms. The zero-order valence-electron chi connectivity index (χ0n) is 7.35. The van der Waals surface area contributed by atoms with Crippen LogP contribution in [0.1, 0.15) is 0 Å². The summed E-state index contributed by atoms with van der Waals surface area (Å²) in [6, 6.07) is 5.17. The largest absolute Gasteiger partial charge is 0.239 e. The van der Waals surface area contributed by atoms with Gasteiger partial charge in [0.15, 0.2) is 4.90 Å². The molecule has 1 atom stereocenters. The number of benzene rings is 1. The van der Waals surface area contributed by atoms with Crippen LogP contribution >= 0.6 is 11.9 Å². The molecule has 0 saturated carbocycles. The van der Waals surface area contributed by atoms with E-state index in [-0.39, 0.29) is 16.0 Å². The topological polar surface area (TPSA) is 72.2 Å². The summed E-state index contributed by atoms with van der Waals surface area (Å²) < 4.78 is 25.6. The lowest BCUT2D eigenvalue weighted by Gasteiger charge is -1.99. The molecule has 1 aromatic carbocycles. The van der Waals surface area contributed by atoms with E-state index in [9.17, 15) is 8.42 Å². The number of primary sulfonamides is 1. The van der Waals surface area contributed by atoms with Gasteiger partial charge in [0.25, 0.3) is 0 Å². The van der Waals surface area contributed by atoms with E-state index in [0.29, 0.717) is 0 Å². The van der Waals surface area contributed by atoms with Crippen LogP contribution in [0, 0.1) is 0 Å². The van der Waals surface area contributed by atoms with Crippen LogP contribution in [0.25, 0.3) is 0 Å². The average Bonchev–Trinajstić information content (AvgIpc) is 2.46. The molecule has 1 unspecified atom stereocenters. The Hall–Kier alpha value is -0.210. The standard InChI is InChI=1S/C7H9N2O2S3/c1-13-5-3-2-4-6(14(8,10)11)7(5)12-9-13/h2-4,9H,1H3,(H2,8,10,11)/q+1. The van der Waals surface area contributed by atoms with Crippen LogP contribution in [-0.2, 0) is 21.1 Å². The van der Waals surface area contributed by atoms with Crippen molar-refractivity contribution < 1.29 is 8.42 Å². The van der Waals surface area contributed by atoms with Gasteiger partial charge < -0.3 is 0 Å². The lowest BCUT2D eigenvalue weighted by Crippen LogP contribution is -2.13. The number of sulfonamides is 1. The predicted octanol–water partition coefficient (Wildman–Crippen LogP) is 0.466. The van der Waals surface area contributed by atoms with Gasteiger partial charge in [0.2, 0.25) is 10.0 Å². The van der Waals surface area contributed by atoms with Gasteiger partial charge >= 0.3 is 0 Å². The van der Waals surface area contributed by atoms with Crippen molar-refractivity contribution in [3.63, 3.8) is 0 Å². The van der Waals surface area contributed by atoms with Gasteiger partial charge in [-0.15, -0.1) is 0 Å². The SMILES string of the molecule is C[S+]1NSc2c1cccc2S(N)(=O)=O. The Bertz CT molecular complexity index is 472. The summed E-state index contributed by atoms with van der Waals surface area (Å²) in [4.78, 5) is 1.96. The number of nitrogens with one attached hydrogen (secondary N) is 1. The average molecular weight is 249 g/mol. The van der Waals surface area contributed by atoms with E-state index in [4.69, 9.17) is 5.14 Å². The highest BCUT2D eigenvalue weighted by Crippen LogP contribution is 2.37. The predicted molar refractivity (Wildman–Crippen MR) is 58.4 cm³/mol.